The summed E-state index contributed by atoms with van der Waals surface area (Å²) >= 11 is 16.7. The predicted molar refractivity (Wildman–Crippen MR) is 132 cm³/mol. The molecule has 7 nitrogen and oxygen atoms in total. The summed E-state index contributed by atoms with van der Waals surface area (Å²) in [6, 6.07) is 9.71. The lowest BCUT2D eigenvalue weighted by molar-refractivity contribution is 0.0952. The van der Waals surface area contributed by atoms with Crippen molar-refractivity contribution in [3.05, 3.63) is 97.2 Å². The molecule has 0 spiro atoms. The molecule has 0 atom stereocenters. The Balaban J connectivity index is 1.57. The summed E-state index contributed by atoms with van der Waals surface area (Å²) < 4.78 is 34.1. The van der Waals surface area contributed by atoms with Crippen LogP contribution in [0.3, 0.4) is 0 Å². The van der Waals surface area contributed by atoms with Crippen molar-refractivity contribution < 1.29 is 13.2 Å². The van der Waals surface area contributed by atoms with Gasteiger partial charge in [0.2, 0.25) is 0 Å². The number of carbonyl (C=O) groups is 1. The number of nitrogens with zero attached hydrogens (tertiary/aromatic N) is 1. The minimum atomic E-state index is -3.98. The van der Waals surface area contributed by atoms with Crippen molar-refractivity contribution in [2.45, 2.75) is 6.54 Å². The van der Waals surface area contributed by atoms with Gasteiger partial charge in [-0.3, -0.25) is 13.8 Å². The van der Waals surface area contributed by atoms with E-state index in [1.807, 2.05) is 0 Å². The van der Waals surface area contributed by atoms with E-state index in [-0.39, 0.29) is 22.7 Å². The van der Waals surface area contributed by atoms with E-state index in [2.05, 4.69) is 30.7 Å². The first-order chi connectivity index (χ1) is 15.2. The molecule has 2 aliphatic heterocycles. The maximum absolute atomic E-state index is 13.1. The standard InChI is InChI=1S/C20H15BrCl2N4O3S2/c21-13-4-6-15(20(28)24-10-12-3-5-14(22)9-16(12)23)17(8-13)26-32(29,30)19-2-1-7-27-18(19)11-25-31-27/h1-9,11,25-26H,10H2,(H,24,28). The summed E-state index contributed by atoms with van der Waals surface area (Å²) in [4.78, 5) is 13.0. The Bertz CT molecular complexity index is 1300. The molecule has 2 aromatic rings. The summed E-state index contributed by atoms with van der Waals surface area (Å²) in [5.41, 5.74) is 1.48. The fraction of sp³-hybridized carbons (Fsp3) is 0.0500. The number of fused-ring (bicyclic) bond motifs is 1. The zero-order valence-electron chi connectivity index (χ0n) is 16.1. The second-order valence-electron chi connectivity index (χ2n) is 6.65. The van der Waals surface area contributed by atoms with Crippen molar-refractivity contribution in [2.75, 3.05) is 4.72 Å². The number of hydrogen-bond donors (Lipinski definition) is 3. The molecule has 0 radical (unpaired) electrons. The number of rotatable bonds is 6. The topological polar surface area (TPSA) is 90.5 Å². The molecule has 0 aliphatic carbocycles. The lowest BCUT2D eigenvalue weighted by atomic mass is 10.1. The summed E-state index contributed by atoms with van der Waals surface area (Å²) in [6.07, 6.45) is 6.48. The smallest absolute Gasteiger partial charge is 0.264 e. The van der Waals surface area contributed by atoms with E-state index in [0.717, 1.165) is 0 Å². The minimum absolute atomic E-state index is 0.0804. The molecular formula is C20H15BrCl2N4O3S2. The molecule has 2 aromatic carbocycles. The van der Waals surface area contributed by atoms with Gasteiger partial charge in [0, 0.05) is 33.5 Å². The van der Waals surface area contributed by atoms with E-state index in [1.54, 1.807) is 47.0 Å². The van der Waals surface area contributed by atoms with Crippen LogP contribution in [0.2, 0.25) is 10.0 Å². The van der Waals surface area contributed by atoms with Crippen molar-refractivity contribution in [1.29, 1.82) is 0 Å². The summed E-state index contributed by atoms with van der Waals surface area (Å²) in [6.45, 7) is 0.151. The van der Waals surface area contributed by atoms with Crippen molar-refractivity contribution in [3.8, 4) is 0 Å². The van der Waals surface area contributed by atoms with Gasteiger partial charge in [-0.25, -0.2) is 8.42 Å². The van der Waals surface area contributed by atoms with Crippen LogP contribution in [0.1, 0.15) is 15.9 Å². The third-order valence-corrected chi connectivity index (χ3v) is 7.75. The molecule has 12 heteroatoms. The number of anilines is 1. The van der Waals surface area contributed by atoms with Crippen LogP contribution in [-0.4, -0.2) is 18.6 Å². The molecule has 0 fully saturated rings. The number of benzene rings is 2. The fourth-order valence-electron chi connectivity index (χ4n) is 3.00. The third kappa shape index (κ3) is 4.94. The van der Waals surface area contributed by atoms with Crippen LogP contribution in [-0.2, 0) is 16.6 Å². The number of sulfonamides is 1. The number of hydrogen-bond acceptors (Lipinski definition) is 6. The SMILES string of the molecule is O=C(NCc1ccc(Cl)cc1Cl)c1ccc(Br)cc1NS(=O)(=O)C1=CC=CN2SNC=C12. The van der Waals surface area contributed by atoms with E-state index in [9.17, 15) is 13.2 Å². The number of nitrogens with one attached hydrogen (secondary N) is 3. The highest BCUT2D eigenvalue weighted by molar-refractivity contribution is 9.10. The minimum Gasteiger partial charge on any atom is -0.348 e. The molecule has 1 amide bonds. The van der Waals surface area contributed by atoms with Gasteiger partial charge in [-0.1, -0.05) is 45.2 Å². The second kappa shape index (κ2) is 9.40. The quantitative estimate of drug-likeness (QED) is 0.414. The Kier molecular flexibility index (Phi) is 6.78. The predicted octanol–water partition coefficient (Wildman–Crippen LogP) is 5.15. The van der Waals surface area contributed by atoms with Gasteiger partial charge in [0.25, 0.3) is 15.9 Å². The molecule has 0 unspecified atom stereocenters. The Morgan fingerprint density at radius 1 is 1.19 bits per heavy atom. The van der Waals surface area contributed by atoms with Gasteiger partial charge >= 0.3 is 0 Å². The zero-order chi connectivity index (χ0) is 22.9. The largest absolute Gasteiger partial charge is 0.348 e. The van der Waals surface area contributed by atoms with Gasteiger partial charge in [-0.2, -0.15) is 0 Å². The van der Waals surface area contributed by atoms with E-state index >= 15 is 0 Å². The van der Waals surface area contributed by atoms with Crippen LogP contribution in [0.5, 0.6) is 0 Å². The highest BCUT2D eigenvalue weighted by atomic mass is 79.9. The Labute approximate surface area is 208 Å². The molecule has 3 N–H and O–H groups in total. The summed E-state index contributed by atoms with van der Waals surface area (Å²) in [5, 5.41) is 3.68. The van der Waals surface area contributed by atoms with Gasteiger partial charge in [0.15, 0.2) is 0 Å². The Morgan fingerprint density at radius 2 is 2.00 bits per heavy atom. The lowest BCUT2D eigenvalue weighted by Crippen LogP contribution is -2.26. The van der Waals surface area contributed by atoms with Crippen LogP contribution >= 0.6 is 51.3 Å². The lowest BCUT2D eigenvalue weighted by Gasteiger charge is -2.21. The van der Waals surface area contributed by atoms with Crippen LogP contribution in [0.25, 0.3) is 0 Å². The fourth-order valence-corrected chi connectivity index (χ4v) is 5.81. The van der Waals surface area contributed by atoms with Gasteiger partial charge < -0.3 is 10.0 Å². The van der Waals surface area contributed by atoms with Crippen LogP contribution < -0.4 is 14.8 Å². The number of carbonyl (C=O) groups excluding carboxylic acids is 1. The number of amides is 1. The molecule has 4 rings (SSSR count). The average molecular weight is 574 g/mol. The first-order valence-electron chi connectivity index (χ1n) is 9.10. The number of allylic oxidation sites excluding steroid dienone is 2. The average Bonchev–Trinajstić information content (AvgIpc) is 3.21. The summed E-state index contributed by atoms with van der Waals surface area (Å²) in [7, 11) is -3.98. The molecule has 2 heterocycles. The molecule has 0 saturated carbocycles. The molecule has 0 aromatic heterocycles. The normalized spacial score (nSPS) is 14.9. The van der Waals surface area contributed by atoms with Crippen molar-refractivity contribution >= 4 is 72.9 Å². The highest BCUT2D eigenvalue weighted by Crippen LogP contribution is 2.34. The van der Waals surface area contributed by atoms with Crippen LogP contribution in [0.15, 0.2) is 76.0 Å². The monoisotopic (exact) mass is 572 g/mol. The van der Waals surface area contributed by atoms with Gasteiger partial charge in [-0.15, -0.1) is 0 Å². The van der Waals surface area contributed by atoms with Crippen LogP contribution in [0.4, 0.5) is 5.69 Å². The van der Waals surface area contributed by atoms with Gasteiger partial charge in [0.05, 0.1) is 29.1 Å². The second-order valence-corrected chi connectivity index (χ2v) is 10.9. The molecule has 32 heavy (non-hydrogen) atoms. The first-order valence-corrected chi connectivity index (χ1v) is 12.9. The van der Waals surface area contributed by atoms with Crippen molar-refractivity contribution in [3.63, 3.8) is 0 Å². The van der Waals surface area contributed by atoms with Crippen molar-refractivity contribution in [1.82, 2.24) is 14.3 Å². The van der Waals surface area contributed by atoms with E-state index < -0.39 is 15.9 Å². The van der Waals surface area contributed by atoms with E-state index in [4.69, 9.17) is 23.2 Å². The molecular weight excluding hydrogens is 559 g/mol. The third-order valence-electron chi connectivity index (χ3n) is 4.52. The Morgan fingerprint density at radius 3 is 2.78 bits per heavy atom. The zero-order valence-corrected chi connectivity index (χ0v) is 20.8. The first kappa shape index (κ1) is 23.1. The molecule has 2 aliphatic rings. The molecule has 0 saturated heterocycles. The Hall–Kier alpha value is -2.11. The maximum atomic E-state index is 13.1. The summed E-state index contributed by atoms with van der Waals surface area (Å²) in [5.74, 6) is -0.460. The molecule has 166 valence electrons. The van der Waals surface area contributed by atoms with E-state index in [1.165, 1.54) is 30.3 Å². The van der Waals surface area contributed by atoms with Crippen LogP contribution in [0, 0.1) is 0 Å². The molecule has 0 bridgehead atoms. The van der Waals surface area contributed by atoms with Gasteiger partial charge in [0.1, 0.15) is 4.91 Å². The van der Waals surface area contributed by atoms with Crippen molar-refractivity contribution in [2.24, 2.45) is 0 Å². The highest BCUT2D eigenvalue weighted by Gasteiger charge is 2.30. The van der Waals surface area contributed by atoms with Gasteiger partial charge in [-0.05, 0) is 48.0 Å². The maximum Gasteiger partial charge on any atom is 0.264 e. The van der Waals surface area contributed by atoms with E-state index in [0.29, 0.717) is 25.8 Å². The number of halogens is 3.